The van der Waals surface area contributed by atoms with E-state index in [0.717, 1.165) is 22.1 Å². The van der Waals surface area contributed by atoms with Crippen molar-refractivity contribution in [3.05, 3.63) is 68.5 Å². The van der Waals surface area contributed by atoms with Gasteiger partial charge in [-0.25, -0.2) is 0 Å². The lowest BCUT2D eigenvalue weighted by Crippen LogP contribution is -2.27. The zero-order chi connectivity index (χ0) is 17.3. The summed E-state index contributed by atoms with van der Waals surface area (Å²) in [5.74, 6) is -0.162. The molecule has 2 aromatic carbocycles. The predicted molar refractivity (Wildman–Crippen MR) is 104 cm³/mol. The van der Waals surface area contributed by atoms with Crippen LogP contribution in [-0.2, 0) is 0 Å². The Morgan fingerprint density at radius 3 is 2.50 bits per heavy atom. The van der Waals surface area contributed by atoms with Crippen LogP contribution in [0.25, 0.3) is 10.1 Å². The second-order valence-corrected chi connectivity index (χ2v) is 7.54. The van der Waals surface area contributed by atoms with Gasteiger partial charge in [-0.1, -0.05) is 66.0 Å². The van der Waals surface area contributed by atoms with Crippen molar-refractivity contribution in [2.24, 2.45) is 0 Å². The minimum atomic E-state index is -0.162. The lowest BCUT2D eigenvalue weighted by atomic mass is 10.0. The van der Waals surface area contributed by atoms with E-state index in [1.807, 2.05) is 38.1 Å². The Bertz CT molecular complexity index is 886. The SMILES string of the molecule is CC[C@@H](NC(=O)c1sc2cccc(Cl)c2c1Cl)c1ccc(C)cc1. The third-order valence-electron chi connectivity index (χ3n) is 4.01. The zero-order valence-electron chi connectivity index (χ0n) is 13.4. The highest BCUT2D eigenvalue weighted by Gasteiger charge is 2.21. The zero-order valence-corrected chi connectivity index (χ0v) is 15.7. The minimum Gasteiger partial charge on any atom is -0.345 e. The first-order valence-electron chi connectivity index (χ1n) is 7.75. The number of halogens is 2. The molecule has 0 saturated heterocycles. The summed E-state index contributed by atoms with van der Waals surface area (Å²) < 4.78 is 0.918. The Balaban J connectivity index is 1.90. The van der Waals surface area contributed by atoms with E-state index in [-0.39, 0.29) is 11.9 Å². The van der Waals surface area contributed by atoms with Gasteiger partial charge < -0.3 is 5.32 Å². The molecular weight excluding hydrogens is 361 g/mol. The number of hydrogen-bond acceptors (Lipinski definition) is 2. The standard InChI is InChI=1S/C19H17Cl2NOS/c1-3-14(12-9-7-11(2)8-10-12)22-19(23)18-17(21)16-13(20)5-4-6-15(16)24-18/h4-10,14H,3H2,1-2H3,(H,22,23)/t14-/m1/s1. The summed E-state index contributed by atoms with van der Waals surface area (Å²) in [6, 6.07) is 13.7. The van der Waals surface area contributed by atoms with Crippen LogP contribution in [0.4, 0.5) is 0 Å². The summed E-state index contributed by atoms with van der Waals surface area (Å²) in [7, 11) is 0. The summed E-state index contributed by atoms with van der Waals surface area (Å²) in [6.07, 6.45) is 0.804. The Morgan fingerprint density at radius 1 is 1.17 bits per heavy atom. The molecule has 1 heterocycles. The molecule has 0 saturated carbocycles. The fourth-order valence-corrected chi connectivity index (χ4v) is 4.52. The van der Waals surface area contributed by atoms with Crippen LogP contribution < -0.4 is 5.32 Å². The molecule has 5 heteroatoms. The number of amides is 1. The van der Waals surface area contributed by atoms with Crippen molar-refractivity contribution in [3.63, 3.8) is 0 Å². The van der Waals surface area contributed by atoms with Crippen LogP contribution in [0.3, 0.4) is 0 Å². The number of hydrogen-bond donors (Lipinski definition) is 1. The maximum atomic E-state index is 12.7. The van der Waals surface area contributed by atoms with Crippen LogP contribution >= 0.6 is 34.5 Å². The first kappa shape index (κ1) is 17.3. The van der Waals surface area contributed by atoms with Gasteiger partial charge in [-0.3, -0.25) is 4.79 Å². The van der Waals surface area contributed by atoms with Crippen LogP contribution in [0.2, 0.25) is 10.0 Å². The highest BCUT2D eigenvalue weighted by Crippen LogP contribution is 2.39. The topological polar surface area (TPSA) is 29.1 Å². The normalized spacial score (nSPS) is 12.3. The maximum Gasteiger partial charge on any atom is 0.263 e. The maximum absolute atomic E-state index is 12.7. The first-order valence-corrected chi connectivity index (χ1v) is 9.32. The molecule has 3 aromatic rings. The smallest absolute Gasteiger partial charge is 0.263 e. The quantitative estimate of drug-likeness (QED) is 0.559. The minimum absolute atomic E-state index is 0.0464. The first-order chi connectivity index (χ1) is 11.5. The van der Waals surface area contributed by atoms with Crippen LogP contribution in [0.15, 0.2) is 42.5 Å². The summed E-state index contributed by atoms with van der Waals surface area (Å²) in [4.78, 5) is 13.2. The van der Waals surface area contributed by atoms with Crippen molar-refractivity contribution in [2.45, 2.75) is 26.3 Å². The average Bonchev–Trinajstić information content (AvgIpc) is 2.92. The van der Waals surface area contributed by atoms with Crippen LogP contribution in [0.1, 0.15) is 40.2 Å². The van der Waals surface area contributed by atoms with Crippen molar-refractivity contribution in [1.82, 2.24) is 5.32 Å². The lowest BCUT2D eigenvalue weighted by molar-refractivity contribution is 0.0940. The van der Waals surface area contributed by atoms with Crippen LogP contribution in [0, 0.1) is 6.92 Å². The summed E-state index contributed by atoms with van der Waals surface area (Å²) >= 11 is 14.0. The van der Waals surface area contributed by atoms with E-state index in [9.17, 15) is 4.79 Å². The molecule has 1 N–H and O–H groups in total. The fraction of sp³-hybridized carbons (Fsp3) is 0.211. The second kappa shape index (κ2) is 7.14. The molecule has 0 aliphatic rings. The molecule has 1 atom stereocenters. The number of rotatable bonds is 4. The van der Waals surface area contributed by atoms with Gasteiger partial charge in [0.15, 0.2) is 0 Å². The second-order valence-electron chi connectivity index (χ2n) is 5.70. The molecule has 0 spiro atoms. The Morgan fingerprint density at radius 2 is 1.88 bits per heavy atom. The monoisotopic (exact) mass is 377 g/mol. The highest BCUT2D eigenvalue weighted by molar-refractivity contribution is 7.21. The largest absolute Gasteiger partial charge is 0.345 e. The van der Waals surface area contributed by atoms with Gasteiger partial charge in [0.1, 0.15) is 4.88 Å². The number of benzene rings is 2. The number of fused-ring (bicyclic) bond motifs is 1. The third kappa shape index (κ3) is 3.30. The summed E-state index contributed by atoms with van der Waals surface area (Å²) in [6.45, 7) is 4.10. The molecule has 0 aliphatic carbocycles. The van der Waals surface area contributed by atoms with Gasteiger partial charge in [0.25, 0.3) is 5.91 Å². The molecular formula is C19H17Cl2NOS. The Labute approximate surface area is 155 Å². The van der Waals surface area contributed by atoms with E-state index in [0.29, 0.717) is 14.9 Å². The number of aryl methyl sites for hydroxylation is 1. The number of thiophene rings is 1. The number of nitrogens with one attached hydrogen (secondary N) is 1. The van der Waals surface area contributed by atoms with Crippen LogP contribution in [0.5, 0.6) is 0 Å². The highest BCUT2D eigenvalue weighted by atomic mass is 35.5. The molecule has 3 rings (SSSR count). The lowest BCUT2D eigenvalue weighted by Gasteiger charge is -2.17. The van der Waals surface area contributed by atoms with E-state index in [4.69, 9.17) is 23.2 Å². The van der Waals surface area contributed by atoms with Crippen molar-refractivity contribution in [2.75, 3.05) is 0 Å². The molecule has 0 aliphatic heterocycles. The molecule has 0 unspecified atom stereocenters. The van der Waals surface area contributed by atoms with Gasteiger partial charge in [-0.2, -0.15) is 0 Å². The summed E-state index contributed by atoms with van der Waals surface area (Å²) in [5.41, 5.74) is 2.29. The molecule has 124 valence electrons. The van der Waals surface area contributed by atoms with Crippen molar-refractivity contribution >= 4 is 50.5 Å². The Kier molecular flexibility index (Phi) is 5.14. The molecule has 24 heavy (non-hydrogen) atoms. The van der Waals surface area contributed by atoms with Crippen LogP contribution in [-0.4, -0.2) is 5.91 Å². The van der Waals surface area contributed by atoms with Gasteiger partial charge in [0.2, 0.25) is 0 Å². The van der Waals surface area contributed by atoms with E-state index >= 15 is 0 Å². The molecule has 0 bridgehead atoms. The molecule has 1 aromatic heterocycles. The Hall–Kier alpha value is -1.55. The van der Waals surface area contributed by atoms with E-state index in [1.165, 1.54) is 16.9 Å². The molecule has 0 fully saturated rings. The van der Waals surface area contributed by atoms with E-state index in [1.54, 1.807) is 6.07 Å². The number of carbonyl (C=O) groups excluding carboxylic acids is 1. The van der Waals surface area contributed by atoms with Gasteiger partial charge >= 0.3 is 0 Å². The average molecular weight is 378 g/mol. The molecule has 2 nitrogen and oxygen atoms in total. The van der Waals surface area contributed by atoms with Crippen molar-refractivity contribution in [1.29, 1.82) is 0 Å². The molecule has 1 amide bonds. The van der Waals surface area contributed by atoms with Gasteiger partial charge in [0, 0.05) is 10.1 Å². The number of carbonyl (C=O) groups is 1. The summed E-state index contributed by atoms with van der Waals surface area (Å²) in [5, 5.41) is 4.83. The van der Waals surface area contributed by atoms with Gasteiger partial charge in [0.05, 0.1) is 16.1 Å². The fourth-order valence-electron chi connectivity index (χ4n) is 2.66. The van der Waals surface area contributed by atoms with E-state index in [2.05, 4.69) is 17.4 Å². The van der Waals surface area contributed by atoms with E-state index < -0.39 is 0 Å². The van der Waals surface area contributed by atoms with Crippen molar-refractivity contribution in [3.8, 4) is 0 Å². The third-order valence-corrected chi connectivity index (χ3v) is 5.96. The predicted octanol–water partition coefficient (Wildman–Crippen LogP) is 6.40. The van der Waals surface area contributed by atoms with Gasteiger partial charge in [-0.05, 0) is 31.0 Å². The molecule has 0 radical (unpaired) electrons. The van der Waals surface area contributed by atoms with Crippen molar-refractivity contribution < 1.29 is 4.79 Å². The van der Waals surface area contributed by atoms with Gasteiger partial charge in [-0.15, -0.1) is 11.3 Å².